The van der Waals surface area contributed by atoms with E-state index < -0.39 is 28.6 Å². The first-order valence-corrected chi connectivity index (χ1v) is 10.4. The number of fused-ring (bicyclic) bond motifs is 1. The van der Waals surface area contributed by atoms with Gasteiger partial charge >= 0.3 is 0 Å². The molecule has 0 aromatic heterocycles. The molecule has 2 aromatic carbocycles. The van der Waals surface area contributed by atoms with Gasteiger partial charge in [-0.1, -0.05) is 0 Å². The number of sulfonamides is 1. The highest BCUT2D eigenvalue weighted by Gasteiger charge is 2.30. The van der Waals surface area contributed by atoms with E-state index in [0.717, 1.165) is 4.31 Å². The second-order valence-electron chi connectivity index (χ2n) is 6.86. The summed E-state index contributed by atoms with van der Waals surface area (Å²) in [5.41, 5.74) is 1.71. The normalized spacial score (nSPS) is 15.6. The number of nitrogens with one attached hydrogen (secondary N) is 2. The zero-order valence-electron chi connectivity index (χ0n) is 16.6. The van der Waals surface area contributed by atoms with Gasteiger partial charge in [-0.05, 0) is 49.7 Å². The summed E-state index contributed by atoms with van der Waals surface area (Å²) in [7, 11) is -2.69. The van der Waals surface area contributed by atoms with Crippen molar-refractivity contribution in [3.05, 3.63) is 47.5 Å². The molecular weight excluding hydrogens is 408 g/mol. The molecule has 10 heteroatoms. The van der Waals surface area contributed by atoms with E-state index in [1.165, 1.54) is 19.2 Å². The monoisotopic (exact) mass is 428 g/mol. The third-order valence-corrected chi connectivity index (χ3v) is 6.51. The zero-order valence-corrected chi connectivity index (χ0v) is 17.4. The molecule has 0 aliphatic carbocycles. The molecule has 2 N–H and O–H groups in total. The predicted molar refractivity (Wildman–Crippen MR) is 110 cm³/mol. The Morgan fingerprint density at radius 3 is 2.60 bits per heavy atom. The number of carbonyl (C=O) groups is 2. The van der Waals surface area contributed by atoms with E-state index in [9.17, 15) is 18.0 Å². The number of benzene rings is 2. The van der Waals surface area contributed by atoms with E-state index in [1.807, 2.05) is 6.07 Å². The number of amides is 2. The molecule has 0 saturated carbocycles. The number of aryl methyl sites for hydroxylation is 1. The quantitative estimate of drug-likeness (QED) is 0.748. The Kier molecular flexibility index (Phi) is 5.78. The Hall–Kier alpha value is -3.42. The van der Waals surface area contributed by atoms with Crippen molar-refractivity contribution < 1.29 is 22.7 Å². The van der Waals surface area contributed by atoms with Crippen molar-refractivity contribution in [3.8, 4) is 11.8 Å². The van der Waals surface area contributed by atoms with Crippen LogP contribution in [0.5, 0.6) is 5.75 Å². The number of nitriles is 1. The van der Waals surface area contributed by atoms with Crippen molar-refractivity contribution in [2.45, 2.75) is 24.8 Å². The van der Waals surface area contributed by atoms with Crippen LogP contribution in [-0.4, -0.2) is 44.2 Å². The van der Waals surface area contributed by atoms with Crippen molar-refractivity contribution >= 4 is 33.2 Å². The molecule has 0 spiro atoms. The summed E-state index contributed by atoms with van der Waals surface area (Å²) >= 11 is 0. The molecule has 9 nitrogen and oxygen atoms in total. The number of likely N-dealkylation sites (N-methyl/N-ethyl adjacent to an activating group) is 1. The fourth-order valence-electron chi connectivity index (χ4n) is 2.90. The second-order valence-corrected chi connectivity index (χ2v) is 8.87. The molecule has 0 fully saturated rings. The average Bonchev–Trinajstić information content (AvgIpc) is 2.69. The highest BCUT2D eigenvalue weighted by atomic mass is 32.2. The molecule has 1 aliphatic heterocycles. The average molecular weight is 428 g/mol. The van der Waals surface area contributed by atoms with Gasteiger partial charge in [0, 0.05) is 18.8 Å². The highest BCUT2D eigenvalue weighted by molar-refractivity contribution is 7.89. The third kappa shape index (κ3) is 4.27. The van der Waals surface area contributed by atoms with Crippen LogP contribution in [0.25, 0.3) is 0 Å². The lowest BCUT2D eigenvalue weighted by Gasteiger charge is -2.25. The molecular formula is C20H20N4O5S. The van der Waals surface area contributed by atoms with Gasteiger partial charge in [0.1, 0.15) is 5.75 Å². The Morgan fingerprint density at radius 2 is 1.97 bits per heavy atom. The van der Waals surface area contributed by atoms with Crippen LogP contribution in [0.1, 0.15) is 18.1 Å². The molecule has 0 saturated heterocycles. The van der Waals surface area contributed by atoms with Crippen LogP contribution in [0, 0.1) is 18.3 Å². The number of hydrogen-bond donors (Lipinski definition) is 2. The molecule has 0 radical (unpaired) electrons. The highest BCUT2D eigenvalue weighted by Crippen LogP contribution is 2.35. The standard InChI is InChI=1S/C20H20N4O5S/c1-12-8-16-17(29-13(2)20(26)23-16)9-18(12)30(27,28)24(3)11-19(25)22-15-6-4-14(10-21)5-7-15/h4-9,13H,11H2,1-3H3,(H,22,25)(H,23,26). The number of hydrogen-bond acceptors (Lipinski definition) is 6. The number of ether oxygens (including phenoxy) is 1. The van der Waals surface area contributed by atoms with Crippen LogP contribution < -0.4 is 15.4 Å². The van der Waals surface area contributed by atoms with Crippen LogP contribution in [0.3, 0.4) is 0 Å². The molecule has 1 unspecified atom stereocenters. The van der Waals surface area contributed by atoms with Crippen LogP contribution >= 0.6 is 0 Å². The van der Waals surface area contributed by atoms with Gasteiger partial charge < -0.3 is 15.4 Å². The minimum atomic E-state index is -4.00. The predicted octanol–water partition coefficient (Wildman–Crippen LogP) is 1.85. The maximum Gasteiger partial charge on any atom is 0.265 e. The minimum Gasteiger partial charge on any atom is -0.479 e. The molecule has 30 heavy (non-hydrogen) atoms. The lowest BCUT2D eigenvalue weighted by Crippen LogP contribution is -2.36. The van der Waals surface area contributed by atoms with E-state index in [0.29, 0.717) is 22.5 Å². The van der Waals surface area contributed by atoms with Gasteiger partial charge in [0.15, 0.2) is 6.10 Å². The van der Waals surface area contributed by atoms with E-state index in [1.54, 1.807) is 38.1 Å². The van der Waals surface area contributed by atoms with Crippen molar-refractivity contribution in [3.63, 3.8) is 0 Å². The molecule has 1 atom stereocenters. The Bertz CT molecular complexity index is 1150. The van der Waals surface area contributed by atoms with Crippen molar-refractivity contribution in [2.75, 3.05) is 24.2 Å². The Morgan fingerprint density at radius 1 is 1.30 bits per heavy atom. The number of carbonyl (C=O) groups excluding carboxylic acids is 2. The van der Waals surface area contributed by atoms with Gasteiger partial charge in [0.25, 0.3) is 5.91 Å². The molecule has 2 aromatic rings. The third-order valence-electron chi connectivity index (χ3n) is 4.56. The minimum absolute atomic E-state index is 0.0155. The molecule has 156 valence electrons. The van der Waals surface area contributed by atoms with E-state index in [4.69, 9.17) is 10.00 Å². The maximum absolute atomic E-state index is 13.0. The van der Waals surface area contributed by atoms with Gasteiger partial charge in [-0.2, -0.15) is 9.57 Å². The second kappa shape index (κ2) is 8.14. The van der Waals surface area contributed by atoms with E-state index >= 15 is 0 Å². The van der Waals surface area contributed by atoms with E-state index in [2.05, 4.69) is 10.6 Å². The SMILES string of the molecule is Cc1cc2c(cc1S(=O)(=O)N(C)CC(=O)Nc1ccc(C#N)cc1)OC(C)C(=O)N2. The van der Waals surface area contributed by atoms with E-state index in [-0.39, 0.29) is 16.6 Å². The van der Waals surface area contributed by atoms with Crippen LogP contribution in [0.2, 0.25) is 0 Å². The summed E-state index contributed by atoms with van der Waals surface area (Å²) in [5.74, 6) is -0.589. The van der Waals surface area contributed by atoms with Crippen LogP contribution in [0.4, 0.5) is 11.4 Å². The molecule has 0 bridgehead atoms. The first-order valence-electron chi connectivity index (χ1n) is 9.00. The van der Waals surface area contributed by atoms with Gasteiger partial charge in [-0.15, -0.1) is 0 Å². The lowest BCUT2D eigenvalue weighted by atomic mass is 10.1. The Balaban J connectivity index is 1.77. The topological polar surface area (TPSA) is 129 Å². The summed E-state index contributed by atoms with van der Waals surface area (Å²) in [6, 6.07) is 11.1. The first-order chi connectivity index (χ1) is 14.1. The van der Waals surface area contributed by atoms with Crippen molar-refractivity contribution in [2.24, 2.45) is 0 Å². The smallest absolute Gasteiger partial charge is 0.265 e. The molecule has 1 heterocycles. The number of anilines is 2. The fourth-order valence-corrected chi connectivity index (χ4v) is 4.25. The van der Waals surface area contributed by atoms with Gasteiger partial charge in [0.05, 0.1) is 28.8 Å². The largest absolute Gasteiger partial charge is 0.479 e. The fraction of sp³-hybridized carbons (Fsp3) is 0.250. The summed E-state index contributed by atoms with van der Waals surface area (Å²) in [6.45, 7) is 2.75. The molecule has 2 amide bonds. The van der Waals surface area contributed by atoms with Crippen LogP contribution in [-0.2, 0) is 19.6 Å². The molecule has 3 rings (SSSR count). The first kappa shape index (κ1) is 21.3. The lowest BCUT2D eigenvalue weighted by molar-refractivity contribution is -0.122. The summed E-state index contributed by atoms with van der Waals surface area (Å²) in [4.78, 5) is 24.0. The number of nitrogens with zero attached hydrogens (tertiary/aromatic N) is 2. The molecule has 1 aliphatic rings. The van der Waals surface area contributed by atoms with Crippen molar-refractivity contribution in [1.82, 2.24) is 4.31 Å². The Labute approximate surface area is 174 Å². The van der Waals surface area contributed by atoms with Gasteiger partial charge in [0.2, 0.25) is 15.9 Å². The van der Waals surface area contributed by atoms with Crippen LogP contribution in [0.15, 0.2) is 41.3 Å². The number of rotatable bonds is 5. The van der Waals surface area contributed by atoms with Gasteiger partial charge in [-0.25, -0.2) is 8.42 Å². The summed E-state index contributed by atoms with van der Waals surface area (Å²) in [5, 5.41) is 14.1. The van der Waals surface area contributed by atoms with Crippen molar-refractivity contribution in [1.29, 1.82) is 5.26 Å². The maximum atomic E-state index is 13.0. The summed E-state index contributed by atoms with van der Waals surface area (Å²) in [6.07, 6.45) is -0.744. The van der Waals surface area contributed by atoms with Gasteiger partial charge in [-0.3, -0.25) is 9.59 Å². The zero-order chi connectivity index (χ0) is 22.1. The summed E-state index contributed by atoms with van der Waals surface area (Å²) < 4.78 is 32.5.